The van der Waals surface area contributed by atoms with Crippen LogP contribution in [0, 0.1) is 0 Å². The Morgan fingerprint density at radius 2 is 2.33 bits per heavy atom. The van der Waals surface area contributed by atoms with Crippen molar-refractivity contribution in [1.29, 1.82) is 0 Å². The number of alkyl halides is 3. The monoisotopic (exact) mass is 253 g/mol. The van der Waals surface area contributed by atoms with Crippen LogP contribution in [-0.2, 0) is 0 Å². The second-order valence-corrected chi connectivity index (χ2v) is 4.00. The van der Waals surface area contributed by atoms with Crippen LogP contribution in [0.4, 0.5) is 8.78 Å². The van der Waals surface area contributed by atoms with Gasteiger partial charge in [-0.15, -0.1) is 11.6 Å². The number of hydrogen-bond acceptors (Lipinski definition) is 2. The van der Waals surface area contributed by atoms with Gasteiger partial charge in [-0.3, -0.25) is 4.79 Å². The number of carbonyl (C=O) groups is 1. The molecule has 84 valence electrons. The van der Waals surface area contributed by atoms with Gasteiger partial charge in [-0.2, -0.15) is 11.3 Å². The maximum absolute atomic E-state index is 12.2. The van der Waals surface area contributed by atoms with E-state index < -0.39 is 18.9 Å². The van der Waals surface area contributed by atoms with Gasteiger partial charge >= 0.3 is 0 Å². The molecule has 15 heavy (non-hydrogen) atoms. The predicted octanol–water partition coefficient (Wildman–Crippen LogP) is 2.69. The molecule has 0 bridgehead atoms. The third-order valence-corrected chi connectivity index (χ3v) is 2.62. The molecule has 0 unspecified atom stereocenters. The molecule has 0 spiro atoms. The Kier molecular flexibility index (Phi) is 4.98. The van der Waals surface area contributed by atoms with Gasteiger partial charge in [-0.1, -0.05) is 0 Å². The summed E-state index contributed by atoms with van der Waals surface area (Å²) in [6.45, 7) is -0.429. The molecule has 2 nitrogen and oxygen atoms in total. The molecular formula is C9H10ClF2NOS. The molecular weight excluding hydrogens is 244 g/mol. The molecule has 0 saturated heterocycles. The largest absolute Gasteiger partial charge is 0.332 e. The minimum Gasteiger partial charge on any atom is -0.332 e. The minimum atomic E-state index is -2.53. The van der Waals surface area contributed by atoms with E-state index in [9.17, 15) is 13.6 Å². The molecule has 1 rings (SSSR count). The van der Waals surface area contributed by atoms with Crippen molar-refractivity contribution in [2.75, 3.05) is 19.0 Å². The molecule has 1 heterocycles. The van der Waals surface area contributed by atoms with Crippen LogP contribution in [0.5, 0.6) is 0 Å². The lowest BCUT2D eigenvalue weighted by Crippen LogP contribution is -2.36. The maximum Gasteiger partial charge on any atom is 0.255 e. The van der Waals surface area contributed by atoms with Crippen LogP contribution in [-0.4, -0.2) is 36.2 Å². The molecule has 0 fully saturated rings. The van der Waals surface area contributed by atoms with E-state index in [0.29, 0.717) is 5.56 Å². The Bertz CT molecular complexity index is 305. The van der Waals surface area contributed by atoms with Crippen LogP contribution in [0.15, 0.2) is 16.8 Å². The van der Waals surface area contributed by atoms with Gasteiger partial charge in [0.05, 0.1) is 12.1 Å². The fourth-order valence-corrected chi connectivity index (χ4v) is 1.95. The Labute approximate surface area is 95.5 Å². The zero-order valence-electron chi connectivity index (χ0n) is 7.83. The summed E-state index contributed by atoms with van der Waals surface area (Å²) in [5.41, 5.74) is 0.436. The molecule has 1 aromatic rings. The van der Waals surface area contributed by atoms with E-state index in [2.05, 4.69) is 0 Å². The summed E-state index contributed by atoms with van der Waals surface area (Å²) in [5, 5.41) is 3.36. The highest BCUT2D eigenvalue weighted by atomic mass is 35.5. The van der Waals surface area contributed by atoms with Crippen molar-refractivity contribution in [3.05, 3.63) is 22.4 Å². The summed E-state index contributed by atoms with van der Waals surface area (Å²) in [5.74, 6) is -0.236. The van der Waals surface area contributed by atoms with Gasteiger partial charge in [0, 0.05) is 17.8 Å². The van der Waals surface area contributed by atoms with E-state index in [-0.39, 0.29) is 12.4 Å². The van der Waals surface area contributed by atoms with E-state index in [1.54, 1.807) is 16.8 Å². The quantitative estimate of drug-likeness (QED) is 0.739. The third-order valence-electron chi connectivity index (χ3n) is 1.77. The third kappa shape index (κ3) is 3.76. The number of nitrogens with zero attached hydrogens (tertiary/aromatic N) is 1. The Morgan fingerprint density at radius 1 is 1.60 bits per heavy atom. The molecule has 1 aromatic heterocycles. The zero-order valence-corrected chi connectivity index (χ0v) is 9.40. The van der Waals surface area contributed by atoms with Crippen molar-refractivity contribution in [3.63, 3.8) is 0 Å². The number of carbonyl (C=O) groups excluding carboxylic acids is 1. The first-order chi connectivity index (χ1) is 7.15. The Morgan fingerprint density at radius 3 is 2.80 bits per heavy atom. The molecule has 0 radical (unpaired) electrons. The highest BCUT2D eigenvalue weighted by Gasteiger charge is 2.19. The van der Waals surface area contributed by atoms with E-state index in [1.807, 2.05) is 0 Å². The summed E-state index contributed by atoms with van der Waals surface area (Å²) in [7, 11) is 0. The Balaban J connectivity index is 2.67. The van der Waals surface area contributed by atoms with Gasteiger partial charge in [0.1, 0.15) is 0 Å². The van der Waals surface area contributed by atoms with Gasteiger partial charge in [0.15, 0.2) is 0 Å². The van der Waals surface area contributed by atoms with Crippen LogP contribution in [0.1, 0.15) is 10.4 Å². The van der Waals surface area contributed by atoms with Crippen molar-refractivity contribution < 1.29 is 13.6 Å². The van der Waals surface area contributed by atoms with Crippen LogP contribution >= 0.6 is 22.9 Å². The van der Waals surface area contributed by atoms with Crippen molar-refractivity contribution in [2.45, 2.75) is 6.43 Å². The maximum atomic E-state index is 12.2. The number of amides is 1. The van der Waals surface area contributed by atoms with E-state index >= 15 is 0 Å². The highest BCUT2D eigenvalue weighted by molar-refractivity contribution is 7.08. The first-order valence-electron chi connectivity index (χ1n) is 4.30. The summed E-state index contributed by atoms with van der Waals surface area (Å²) in [6, 6.07) is 1.61. The molecule has 1 amide bonds. The number of rotatable bonds is 5. The van der Waals surface area contributed by atoms with Crippen LogP contribution in [0.2, 0.25) is 0 Å². The smallest absolute Gasteiger partial charge is 0.255 e. The van der Waals surface area contributed by atoms with Crippen molar-refractivity contribution in [2.24, 2.45) is 0 Å². The van der Waals surface area contributed by atoms with Gasteiger partial charge in [-0.25, -0.2) is 8.78 Å². The van der Waals surface area contributed by atoms with Crippen LogP contribution < -0.4 is 0 Å². The molecule has 0 aliphatic rings. The zero-order chi connectivity index (χ0) is 11.3. The van der Waals surface area contributed by atoms with Crippen molar-refractivity contribution >= 4 is 28.8 Å². The first kappa shape index (κ1) is 12.4. The normalized spacial score (nSPS) is 10.7. The number of thiophene rings is 1. The van der Waals surface area contributed by atoms with Crippen molar-refractivity contribution in [3.8, 4) is 0 Å². The average molecular weight is 254 g/mol. The topological polar surface area (TPSA) is 20.3 Å². The number of hydrogen-bond donors (Lipinski definition) is 0. The summed E-state index contributed by atoms with van der Waals surface area (Å²) in [4.78, 5) is 12.7. The first-order valence-corrected chi connectivity index (χ1v) is 5.78. The molecule has 0 N–H and O–H groups in total. The van der Waals surface area contributed by atoms with Gasteiger partial charge in [0.25, 0.3) is 12.3 Å². The van der Waals surface area contributed by atoms with Gasteiger partial charge in [-0.05, 0) is 11.4 Å². The van der Waals surface area contributed by atoms with Gasteiger partial charge in [0.2, 0.25) is 0 Å². The lowest BCUT2D eigenvalue weighted by Gasteiger charge is -2.20. The SMILES string of the molecule is O=C(c1ccsc1)N(CCCl)CC(F)F. The van der Waals surface area contributed by atoms with Crippen LogP contribution in [0.3, 0.4) is 0 Å². The molecule has 6 heteroatoms. The standard InChI is InChI=1S/C9H10ClF2NOS/c10-2-3-13(5-8(11)12)9(14)7-1-4-15-6-7/h1,4,6,8H,2-3,5H2. The molecule has 0 aliphatic carbocycles. The Hall–Kier alpha value is -0.680. The lowest BCUT2D eigenvalue weighted by atomic mass is 10.3. The van der Waals surface area contributed by atoms with E-state index in [0.717, 1.165) is 4.90 Å². The summed E-state index contributed by atoms with van der Waals surface area (Å²) in [6.07, 6.45) is -2.53. The second kappa shape index (κ2) is 6.02. The lowest BCUT2D eigenvalue weighted by molar-refractivity contribution is 0.0571. The van der Waals surface area contributed by atoms with E-state index in [1.165, 1.54) is 11.3 Å². The highest BCUT2D eigenvalue weighted by Crippen LogP contribution is 2.11. The minimum absolute atomic E-state index is 0.139. The van der Waals surface area contributed by atoms with Crippen molar-refractivity contribution in [1.82, 2.24) is 4.90 Å². The summed E-state index contributed by atoms with van der Waals surface area (Å²) >= 11 is 6.80. The van der Waals surface area contributed by atoms with Gasteiger partial charge < -0.3 is 4.90 Å². The van der Waals surface area contributed by atoms with E-state index in [4.69, 9.17) is 11.6 Å². The summed E-state index contributed by atoms with van der Waals surface area (Å²) < 4.78 is 24.4. The molecule has 0 atom stereocenters. The predicted molar refractivity (Wildman–Crippen MR) is 56.9 cm³/mol. The second-order valence-electron chi connectivity index (χ2n) is 2.84. The number of halogens is 3. The van der Waals surface area contributed by atoms with Crippen LogP contribution in [0.25, 0.3) is 0 Å². The molecule has 0 saturated carbocycles. The molecule has 0 aliphatic heterocycles. The average Bonchev–Trinajstić information content (AvgIpc) is 2.68. The fraction of sp³-hybridized carbons (Fsp3) is 0.444. The fourth-order valence-electron chi connectivity index (χ4n) is 1.11. The molecule has 0 aromatic carbocycles.